The first-order valence-electron chi connectivity index (χ1n) is 13.7. The number of ether oxygens (including phenoxy) is 2. The quantitative estimate of drug-likeness (QED) is 0.195. The van der Waals surface area contributed by atoms with Crippen molar-refractivity contribution < 1.29 is 28.7 Å². The van der Waals surface area contributed by atoms with Gasteiger partial charge in [-0.15, -0.1) is 0 Å². The molecule has 3 aromatic rings. The molecule has 2 heterocycles. The molecule has 0 unspecified atom stereocenters. The Bertz CT molecular complexity index is 1250. The lowest BCUT2D eigenvalue weighted by Crippen LogP contribution is -2.77. The Morgan fingerprint density at radius 1 is 0.465 bits per heavy atom. The summed E-state index contributed by atoms with van der Waals surface area (Å²) in [7, 11) is 3.00. The van der Waals surface area contributed by atoms with Crippen LogP contribution in [0.1, 0.15) is 38.8 Å². The Hall–Kier alpha value is -4.54. The van der Waals surface area contributed by atoms with E-state index >= 15 is 0 Å². The fourth-order valence-corrected chi connectivity index (χ4v) is 6.04. The summed E-state index contributed by atoms with van der Waals surface area (Å²) in [6.45, 7) is 5.95. The van der Waals surface area contributed by atoms with Crippen LogP contribution in [-0.4, -0.2) is 38.0 Å². The SMILES string of the molecule is CC12C(=O)OC(=O)C1(C)C1(C)C(=O)OC(=O)C21C.CN.CN.Nc1ccc(Cc2ccc(N)cc2)cc1.c1ccccc1. The van der Waals surface area contributed by atoms with Crippen molar-refractivity contribution in [2.45, 2.75) is 34.1 Å². The third-order valence-corrected chi connectivity index (χ3v) is 9.04. The molecule has 0 aromatic heterocycles. The molecule has 0 radical (unpaired) electrons. The van der Waals surface area contributed by atoms with E-state index in [0.29, 0.717) is 0 Å². The molecule has 2 aliphatic heterocycles. The maximum Gasteiger partial charge on any atom is 0.321 e. The fraction of sp³-hybridized carbons (Fsp3) is 0.333. The number of hydrogen-bond acceptors (Lipinski definition) is 10. The molecule has 3 aromatic carbocycles. The number of cyclic esters (lactones) is 4. The van der Waals surface area contributed by atoms with Gasteiger partial charge >= 0.3 is 23.9 Å². The van der Waals surface area contributed by atoms with E-state index in [1.165, 1.54) is 52.9 Å². The van der Waals surface area contributed by atoms with Gasteiger partial charge in [0.1, 0.15) is 0 Å². The van der Waals surface area contributed by atoms with Crippen LogP contribution in [0.25, 0.3) is 0 Å². The van der Waals surface area contributed by atoms with E-state index in [-0.39, 0.29) is 0 Å². The highest BCUT2D eigenvalue weighted by molar-refractivity contribution is 6.18. The molecule has 6 rings (SSSR count). The van der Waals surface area contributed by atoms with E-state index in [1.54, 1.807) is 0 Å². The molecule has 0 amide bonds. The second-order valence-electron chi connectivity index (χ2n) is 10.7. The van der Waals surface area contributed by atoms with Crippen molar-refractivity contribution in [1.82, 2.24) is 0 Å². The summed E-state index contributed by atoms with van der Waals surface area (Å²) in [5.41, 5.74) is 19.0. The van der Waals surface area contributed by atoms with E-state index < -0.39 is 45.5 Å². The second-order valence-corrected chi connectivity index (χ2v) is 10.7. The minimum atomic E-state index is -1.35. The summed E-state index contributed by atoms with van der Waals surface area (Å²) in [6.07, 6.45) is 0.917. The Balaban J connectivity index is 0.000000232. The van der Waals surface area contributed by atoms with Gasteiger partial charge < -0.3 is 32.4 Å². The molecular formula is C33H42N4O6. The van der Waals surface area contributed by atoms with Gasteiger partial charge in [-0.25, -0.2) is 0 Å². The predicted octanol–water partition coefficient (Wildman–Crippen LogP) is 3.47. The molecular weight excluding hydrogens is 548 g/mol. The highest BCUT2D eigenvalue weighted by Gasteiger charge is 2.97. The lowest BCUT2D eigenvalue weighted by atomic mass is 9.27. The summed E-state index contributed by atoms with van der Waals surface area (Å²) >= 11 is 0. The van der Waals surface area contributed by atoms with Crippen LogP contribution in [-0.2, 0) is 35.1 Å². The van der Waals surface area contributed by atoms with Crippen molar-refractivity contribution in [2.24, 2.45) is 33.1 Å². The van der Waals surface area contributed by atoms with Crippen LogP contribution >= 0.6 is 0 Å². The number of esters is 4. The lowest BCUT2D eigenvalue weighted by Gasteiger charge is -2.65. The molecule has 230 valence electrons. The average molecular weight is 591 g/mol. The highest BCUT2D eigenvalue weighted by Crippen LogP contribution is 2.83. The number of rotatable bonds is 2. The first-order valence-corrected chi connectivity index (χ1v) is 13.7. The zero-order valence-corrected chi connectivity index (χ0v) is 25.5. The maximum absolute atomic E-state index is 12.0. The van der Waals surface area contributed by atoms with Gasteiger partial charge in [-0.1, -0.05) is 60.7 Å². The number of anilines is 2. The fourth-order valence-electron chi connectivity index (χ4n) is 6.04. The smallest absolute Gasteiger partial charge is 0.321 e. The number of nitrogen functional groups attached to an aromatic ring is 2. The van der Waals surface area contributed by atoms with Crippen LogP contribution in [0.5, 0.6) is 0 Å². The molecule has 1 aliphatic carbocycles. The maximum atomic E-state index is 12.0. The standard InChI is InChI=1S/C13H14N2.C12H12O6.C6H6.2CH5N/c14-12-5-1-10(2-6-12)9-11-3-7-13(15)8-4-11;1-9-5(13)17-6(14)10(9,2)12(4)8(16)18-7(15)11(9,12)3;1-2-4-6-5-3-1;2*1-2/h1-8H,9,14-15H2;1-4H3;1-6H;2*2H2,1H3. The summed E-state index contributed by atoms with van der Waals surface area (Å²) in [5.74, 6) is -3.05. The van der Waals surface area contributed by atoms with Gasteiger partial charge in [-0.3, -0.25) is 19.2 Å². The Labute approximate surface area is 252 Å². The molecule has 0 atom stereocenters. The lowest BCUT2D eigenvalue weighted by molar-refractivity contribution is -0.243. The minimum Gasteiger partial charge on any atom is -0.399 e. The molecule has 10 heteroatoms. The summed E-state index contributed by atoms with van der Waals surface area (Å²) < 4.78 is 9.36. The summed E-state index contributed by atoms with van der Waals surface area (Å²) in [5, 5.41) is 0. The second kappa shape index (κ2) is 13.6. The molecule has 3 fully saturated rings. The van der Waals surface area contributed by atoms with Crippen molar-refractivity contribution in [2.75, 3.05) is 25.6 Å². The van der Waals surface area contributed by atoms with E-state index in [0.717, 1.165) is 17.8 Å². The minimum absolute atomic E-state index is 0.762. The van der Waals surface area contributed by atoms with E-state index in [2.05, 4.69) is 20.9 Å². The van der Waals surface area contributed by atoms with Crippen LogP contribution in [0.3, 0.4) is 0 Å². The van der Waals surface area contributed by atoms with Crippen molar-refractivity contribution >= 4 is 35.3 Å². The monoisotopic (exact) mass is 590 g/mol. The van der Waals surface area contributed by atoms with Crippen LogP contribution in [0.4, 0.5) is 11.4 Å². The van der Waals surface area contributed by atoms with Gasteiger partial charge in [0.2, 0.25) is 0 Å². The molecule has 0 spiro atoms. The van der Waals surface area contributed by atoms with Crippen LogP contribution < -0.4 is 22.9 Å². The topological polar surface area (TPSA) is 191 Å². The zero-order chi connectivity index (χ0) is 32.6. The Morgan fingerprint density at radius 2 is 0.674 bits per heavy atom. The molecule has 3 aliphatic rings. The van der Waals surface area contributed by atoms with Gasteiger partial charge in [0, 0.05) is 11.4 Å². The van der Waals surface area contributed by atoms with Gasteiger partial charge in [-0.05, 0) is 83.6 Å². The molecule has 8 N–H and O–H groups in total. The van der Waals surface area contributed by atoms with Gasteiger partial charge in [0.05, 0.1) is 21.7 Å². The zero-order valence-electron chi connectivity index (χ0n) is 25.5. The highest BCUT2D eigenvalue weighted by atomic mass is 16.6. The first-order chi connectivity index (χ1) is 20.3. The van der Waals surface area contributed by atoms with E-state index in [4.69, 9.17) is 11.5 Å². The van der Waals surface area contributed by atoms with Crippen molar-refractivity contribution in [3.05, 3.63) is 96.1 Å². The van der Waals surface area contributed by atoms with Crippen molar-refractivity contribution in [3.8, 4) is 0 Å². The third kappa shape index (κ3) is 5.39. The first kappa shape index (κ1) is 34.7. The molecule has 10 nitrogen and oxygen atoms in total. The van der Waals surface area contributed by atoms with Crippen LogP contribution in [0.2, 0.25) is 0 Å². The van der Waals surface area contributed by atoms with Gasteiger partial charge in [0.15, 0.2) is 0 Å². The van der Waals surface area contributed by atoms with E-state index in [9.17, 15) is 19.2 Å². The van der Waals surface area contributed by atoms with Gasteiger partial charge in [-0.2, -0.15) is 0 Å². The largest absolute Gasteiger partial charge is 0.399 e. The number of benzene rings is 3. The summed E-state index contributed by atoms with van der Waals surface area (Å²) in [6, 6.07) is 27.9. The van der Waals surface area contributed by atoms with Crippen LogP contribution in [0.15, 0.2) is 84.9 Å². The molecule has 2 saturated heterocycles. The normalized spacial score (nSPS) is 27.3. The number of fused-ring (bicyclic) bond motifs is 4. The molecule has 0 bridgehead atoms. The van der Waals surface area contributed by atoms with Gasteiger partial charge in [0.25, 0.3) is 0 Å². The predicted molar refractivity (Wildman–Crippen MR) is 166 cm³/mol. The van der Waals surface area contributed by atoms with Crippen LogP contribution in [0, 0.1) is 21.7 Å². The summed E-state index contributed by atoms with van der Waals surface area (Å²) in [4.78, 5) is 47.8. The Morgan fingerprint density at radius 3 is 0.884 bits per heavy atom. The number of nitrogens with two attached hydrogens (primary N) is 4. The number of carbonyl (C=O) groups excluding carboxylic acids is 4. The van der Waals surface area contributed by atoms with Crippen molar-refractivity contribution in [3.63, 3.8) is 0 Å². The Kier molecular flexibility index (Phi) is 11.0. The van der Waals surface area contributed by atoms with E-state index in [1.807, 2.05) is 84.9 Å². The number of hydrogen-bond donors (Lipinski definition) is 4. The number of carbonyl (C=O) groups is 4. The average Bonchev–Trinajstić information content (AvgIpc) is 3.31. The molecule has 1 saturated carbocycles. The third-order valence-electron chi connectivity index (χ3n) is 9.04. The van der Waals surface area contributed by atoms with Crippen molar-refractivity contribution in [1.29, 1.82) is 0 Å². The molecule has 43 heavy (non-hydrogen) atoms.